The lowest BCUT2D eigenvalue weighted by Crippen LogP contribution is -2.61. The van der Waals surface area contributed by atoms with E-state index in [4.69, 9.17) is 18.9 Å². The lowest BCUT2D eigenvalue weighted by atomic mass is 9.69. The van der Waals surface area contributed by atoms with Crippen LogP contribution in [0.15, 0.2) is 60.8 Å². The van der Waals surface area contributed by atoms with Crippen LogP contribution in [0.1, 0.15) is 68.2 Å². The van der Waals surface area contributed by atoms with Crippen molar-refractivity contribution in [3.63, 3.8) is 0 Å². The highest BCUT2D eigenvalue weighted by Gasteiger charge is 2.49. The van der Waals surface area contributed by atoms with Gasteiger partial charge in [-0.3, -0.25) is 9.78 Å². The molecule has 8 rings (SSSR count). The molecule has 0 spiro atoms. The zero-order valence-electron chi connectivity index (χ0n) is 28.5. The SMILES string of the molecule is O=C1COc2ccc(CNC34CCC(CCc5c(F)cnc6ccc(OCCCCCNC(=O)OCc7ccccc7)nc56)(CC3)OC4)nc2N1. The number of ether oxygens (including phenoxy) is 4. The Hall–Kier alpha value is -4.88. The Kier molecular flexibility index (Phi) is 10.5. The minimum absolute atomic E-state index is 0.00335. The number of amides is 2. The van der Waals surface area contributed by atoms with Crippen molar-refractivity contribution in [1.82, 2.24) is 25.6 Å². The molecule has 2 amide bonds. The zero-order valence-corrected chi connectivity index (χ0v) is 28.5. The lowest BCUT2D eigenvalue weighted by Gasteiger charge is -2.53. The molecule has 3 aromatic heterocycles. The van der Waals surface area contributed by atoms with Crippen molar-refractivity contribution < 1.29 is 32.9 Å². The summed E-state index contributed by atoms with van der Waals surface area (Å²) in [7, 11) is 0. The number of anilines is 1. The smallest absolute Gasteiger partial charge is 0.407 e. The minimum atomic E-state index is -0.430. The Balaban J connectivity index is 0.857. The highest BCUT2D eigenvalue weighted by molar-refractivity contribution is 5.94. The van der Waals surface area contributed by atoms with Crippen LogP contribution in [0.25, 0.3) is 11.0 Å². The number of alkyl carbamates (subject to hydrolysis) is 1. The maximum Gasteiger partial charge on any atom is 0.407 e. The second-order valence-electron chi connectivity index (χ2n) is 13.6. The fraction of sp³-hybridized carbons (Fsp3) is 0.447. The molecular formula is C38H43FN6O6. The van der Waals surface area contributed by atoms with Gasteiger partial charge in [-0.2, -0.15) is 0 Å². The van der Waals surface area contributed by atoms with Crippen molar-refractivity contribution in [2.75, 3.05) is 31.7 Å². The van der Waals surface area contributed by atoms with Gasteiger partial charge in [0.15, 0.2) is 18.2 Å². The van der Waals surface area contributed by atoms with Gasteiger partial charge in [0.25, 0.3) is 5.91 Å². The second-order valence-corrected chi connectivity index (χ2v) is 13.6. The quantitative estimate of drug-likeness (QED) is 0.131. The van der Waals surface area contributed by atoms with Gasteiger partial charge >= 0.3 is 6.09 Å². The molecule has 4 aliphatic rings. The molecule has 2 bridgehead atoms. The predicted molar refractivity (Wildman–Crippen MR) is 187 cm³/mol. The van der Waals surface area contributed by atoms with E-state index in [1.165, 1.54) is 6.20 Å². The molecule has 12 nitrogen and oxygen atoms in total. The van der Waals surface area contributed by atoms with Gasteiger partial charge in [0.2, 0.25) is 5.88 Å². The molecule has 0 atom stereocenters. The molecule has 1 saturated carbocycles. The van der Waals surface area contributed by atoms with Crippen LogP contribution in [-0.4, -0.2) is 64.5 Å². The predicted octanol–water partition coefficient (Wildman–Crippen LogP) is 5.77. The molecule has 2 saturated heterocycles. The first kappa shape index (κ1) is 34.6. The summed E-state index contributed by atoms with van der Waals surface area (Å²) < 4.78 is 38.3. The van der Waals surface area contributed by atoms with Crippen LogP contribution in [0.3, 0.4) is 0 Å². The molecule has 1 aromatic carbocycles. The van der Waals surface area contributed by atoms with E-state index in [0.717, 1.165) is 56.2 Å². The summed E-state index contributed by atoms with van der Waals surface area (Å²) in [5.41, 5.74) is 2.98. The van der Waals surface area contributed by atoms with E-state index in [1.807, 2.05) is 48.5 Å². The summed E-state index contributed by atoms with van der Waals surface area (Å²) in [5, 5.41) is 9.22. The number of pyridine rings is 3. The van der Waals surface area contributed by atoms with Gasteiger partial charge in [0.05, 0.1) is 41.7 Å². The average Bonchev–Trinajstić information content (AvgIpc) is 3.16. The molecule has 3 N–H and O–H groups in total. The number of rotatable bonds is 15. The highest BCUT2D eigenvalue weighted by Crippen LogP contribution is 2.46. The summed E-state index contributed by atoms with van der Waals surface area (Å²) in [6.45, 7) is 2.34. The highest BCUT2D eigenvalue weighted by atomic mass is 19.1. The second kappa shape index (κ2) is 15.6. The summed E-state index contributed by atoms with van der Waals surface area (Å²) in [6, 6.07) is 16.9. The Morgan fingerprint density at radius 3 is 2.69 bits per heavy atom. The monoisotopic (exact) mass is 698 g/mol. The van der Waals surface area contributed by atoms with E-state index >= 15 is 4.39 Å². The standard InChI is InChI=1S/C38H43FN6O6/c39-29-22-41-30-10-12-33(48-20-6-2-5-19-40-36(47)50-23-26-7-3-1-4-8-26)45-34(30)28(29)13-14-38-17-15-37(16-18-38,25-51-38)42-21-27-9-11-31-35(43-27)44-32(46)24-49-31/h1,3-4,7-12,22,42H,2,5-6,13-21,23-25H2,(H,40,47)(H,43,44,46). The molecule has 0 unspecified atom stereocenters. The number of carbonyl (C=O) groups excluding carboxylic acids is 2. The van der Waals surface area contributed by atoms with Crippen LogP contribution in [-0.2, 0) is 33.8 Å². The molecule has 0 radical (unpaired) electrons. The molecule has 6 heterocycles. The van der Waals surface area contributed by atoms with E-state index in [0.29, 0.717) is 73.2 Å². The molecule has 13 heteroatoms. The zero-order chi connectivity index (χ0) is 35.1. The van der Waals surface area contributed by atoms with Crippen LogP contribution >= 0.6 is 0 Å². The lowest BCUT2D eigenvalue weighted by molar-refractivity contribution is -0.165. The summed E-state index contributed by atoms with van der Waals surface area (Å²) >= 11 is 0. The van der Waals surface area contributed by atoms with Crippen LogP contribution < -0.4 is 25.4 Å². The Labute approximate surface area is 295 Å². The summed E-state index contributed by atoms with van der Waals surface area (Å²) in [5.74, 6) is 0.882. The number of unbranched alkanes of at least 4 members (excludes halogenated alkanes) is 2. The van der Waals surface area contributed by atoms with Crippen molar-refractivity contribution in [3.8, 4) is 11.6 Å². The van der Waals surface area contributed by atoms with E-state index in [2.05, 4.69) is 30.9 Å². The molecule has 4 aromatic rings. The van der Waals surface area contributed by atoms with E-state index < -0.39 is 6.09 Å². The van der Waals surface area contributed by atoms with Crippen LogP contribution in [0.5, 0.6) is 11.6 Å². The first-order valence-electron chi connectivity index (χ1n) is 17.7. The molecule has 3 aliphatic heterocycles. The van der Waals surface area contributed by atoms with Crippen molar-refractivity contribution in [3.05, 3.63) is 83.4 Å². The van der Waals surface area contributed by atoms with Gasteiger partial charge in [-0.05, 0) is 81.5 Å². The van der Waals surface area contributed by atoms with Gasteiger partial charge in [0, 0.05) is 30.3 Å². The van der Waals surface area contributed by atoms with Crippen molar-refractivity contribution in [2.24, 2.45) is 0 Å². The van der Waals surface area contributed by atoms with Crippen LogP contribution in [0.2, 0.25) is 0 Å². The molecule has 1 aliphatic carbocycles. The maximum atomic E-state index is 15.2. The molecule has 51 heavy (non-hydrogen) atoms. The van der Waals surface area contributed by atoms with Gasteiger partial charge < -0.3 is 34.9 Å². The summed E-state index contributed by atoms with van der Waals surface area (Å²) in [6.07, 6.45) is 8.07. The Morgan fingerprint density at radius 1 is 1.00 bits per heavy atom. The van der Waals surface area contributed by atoms with Crippen molar-refractivity contribution >= 4 is 28.9 Å². The number of aryl methyl sites for hydroxylation is 1. The number of hydrogen-bond acceptors (Lipinski definition) is 10. The van der Waals surface area contributed by atoms with Gasteiger partial charge in [-0.25, -0.2) is 19.2 Å². The fourth-order valence-electron chi connectivity index (χ4n) is 6.99. The third-order valence-corrected chi connectivity index (χ3v) is 10.1. The normalized spacial score (nSPS) is 20.7. The number of nitrogens with zero attached hydrogens (tertiary/aromatic N) is 3. The number of nitrogens with one attached hydrogen (secondary N) is 3. The first-order chi connectivity index (χ1) is 24.9. The molecular weight excluding hydrogens is 655 g/mol. The van der Waals surface area contributed by atoms with Crippen molar-refractivity contribution in [1.29, 1.82) is 0 Å². The third-order valence-electron chi connectivity index (χ3n) is 10.1. The van der Waals surface area contributed by atoms with Gasteiger partial charge in [-0.1, -0.05) is 30.3 Å². The van der Waals surface area contributed by atoms with Crippen LogP contribution in [0.4, 0.5) is 15.0 Å². The van der Waals surface area contributed by atoms with E-state index in [1.54, 1.807) is 6.07 Å². The Morgan fingerprint density at radius 2 is 1.86 bits per heavy atom. The molecule has 268 valence electrons. The van der Waals surface area contributed by atoms with Gasteiger partial charge in [0.1, 0.15) is 12.4 Å². The maximum absolute atomic E-state index is 15.2. The van der Waals surface area contributed by atoms with E-state index in [-0.39, 0.29) is 36.1 Å². The van der Waals surface area contributed by atoms with Crippen molar-refractivity contribution in [2.45, 2.75) is 82.1 Å². The topological polar surface area (TPSA) is 146 Å². The number of aromatic nitrogens is 3. The average molecular weight is 699 g/mol. The largest absolute Gasteiger partial charge is 0.480 e. The summed E-state index contributed by atoms with van der Waals surface area (Å²) in [4.78, 5) is 37.1. The van der Waals surface area contributed by atoms with Crippen LogP contribution in [0, 0.1) is 5.82 Å². The minimum Gasteiger partial charge on any atom is -0.480 e. The number of halogens is 1. The first-order valence-corrected chi connectivity index (χ1v) is 17.7. The molecule has 3 fully saturated rings. The number of benzene rings is 1. The Bertz CT molecular complexity index is 1840. The number of fused-ring (bicyclic) bond motifs is 5. The number of carbonyl (C=O) groups is 2. The fourth-order valence-corrected chi connectivity index (χ4v) is 6.99. The van der Waals surface area contributed by atoms with Gasteiger partial charge in [-0.15, -0.1) is 0 Å². The number of hydrogen-bond donors (Lipinski definition) is 3. The third kappa shape index (κ3) is 8.54. The van der Waals surface area contributed by atoms with E-state index in [9.17, 15) is 9.59 Å².